The van der Waals surface area contributed by atoms with Gasteiger partial charge >= 0.3 is 5.97 Å². The van der Waals surface area contributed by atoms with Crippen molar-refractivity contribution in [3.8, 4) is 0 Å². The first-order valence-corrected chi connectivity index (χ1v) is 6.99. The molecule has 0 bridgehead atoms. The zero-order chi connectivity index (χ0) is 14.6. The van der Waals surface area contributed by atoms with Crippen LogP contribution < -0.4 is 0 Å². The van der Waals surface area contributed by atoms with E-state index < -0.39 is 0 Å². The Morgan fingerprint density at radius 1 is 1.16 bits per heavy atom. The second-order valence-electron chi connectivity index (χ2n) is 5.92. The molecule has 0 aromatic heterocycles. The zero-order valence-electron chi connectivity index (χ0n) is 13.0. The van der Waals surface area contributed by atoms with Gasteiger partial charge in [-0.25, -0.2) is 0 Å². The van der Waals surface area contributed by atoms with Gasteiger partial charge in [0, 0.05) is 0 Å². The lowest BCUT2D eigenvalue weighted by atomic mass is 9.82. The van der Waals surface area contributed by atoms with E-state index in [1.165, 1.54) is 29.4 Å². The molecule has 0 saturated carbocycles. The molecule has 0 saturated heterocycles. The number of aryl methyl sites for hydroxylation is 3. The maximum Gasteiger partial charge on any atom is 0.306 e. The van der Waals surface area contributed by atoms with Crippen molar-refractivity contribution in [2.24, 2.45) is 5.92 Å². The molecule has 0 fully saturated rings. The van der Waals surface area contributed by atoms with Gasteiger partial charge in [0.1, 0.15) is 0 Å². The van der Waals surface area contributed by atoms with Crippen LogP contribution in [0.15, 0.2) is 12.1 Å². The Labute approximate surface area is 117 Å². The number of carbonyl (C=O) groups is 1. The maximum atomic E-state index is 11.6. The lowest BCUT2D eigenvalue weighted by molar-refractivity contribution is -0.141. The maximum absolute atomic E-state index is 11.6. The molecule has 1 aromatic rings. The highest BCUT2D eigenvalue weighted by Crippen LogP contribution is 2.33. The van der Waals surface area contributed by atoms with Crippen LogP contribution >= 0.6 is 0 Å². The second-order valence-corrected chi connectivity index (χ2v) is 5.92. The normalized spacial score (nSPS) is 12.6. The third-order valence-corrected chi connectivity index (χ3v) is 3.54. The van der Waals surface area contributed by atoms with Crippen LogP contribution in [-0.4, -0.2) is 13.1 Å². The fourth-order valence-electron chi connectivity index (χ4n) is 2.99. The van der Waals surface area contributed by atoms with Crippen molar-refractivity contribution in [2.75, 3.05) is 7.11 Å². The first-order chi connectivity index (χ1) is 8.85. The number of esters is 1. The molecule has 1 atom stereocenters. The van der Waals surface area contributed by atoms with E-state index in [4.69, 9.17) is 4.74 Å². The topological polar surface area (TPSA) is 26.3 Å². The Morgan fingerprint density at radius 3 is 2.11 bits per heavy atom. The highest BCUT2D eigenvalue weighted by atomic mass is 16.5. The Kier molecular flexibility index (Phi) is 5.59. The Morgan fingerprint density at radius 2 is 1.68 bits per heavy atom. The monoisotopic (exact) mass is 262 g/mol. The standard InChI is InChI=1S/C17H26O2/c1-11(2)7-15(10-16(18)19-6)17-13(4)8-12(3)9-14(17)5/h8-9,11,15H,7,10H2,1-6H3. The number of hydrogen-bond donors (Lipinski definition) is 0. The molecule has 1 unspecified atom stereocenters. The Balaban J connectivity index is 3.13. The fraction of sp³-hybridized carbons (Fsp3) is 0.588. The van der Waals surface area contributed by atoms with Crippen molar-refractivity contribution in [1.82, 2.24) is 0 Å². The zero-order valence-corrected chi connectivity index (χ0v) is 13.0. The minimum Gasteiger partial charge on any atom is -0.469 e. The van der Waals surface area contributed by atoms with Gasteiger partial charge < -0.3 is 4.74 Å². The number of rotatable bonds is 5. The van der Waals surface area contributed by atoms with E-state index in [2.05, 4.69) is 46.8 Å². The summed E-state index contributed by atoms with van der Waals surface area (Å²) in [5.41, 5.74) is 5.17. The van der Waals surface area contributed by atoms with Crippen molar-refractivity contribution in [1.29, 1.82) is 0 Å². The average Bonchev–Trinajstić information content (AvgIpc) is 2.26. The summed E-state index contributed by atoms with van der Waals surface area (Å²) >= 11 is 0. The van der Waals surface area contributed by atoms with Crippen LogP contribution in [0.4, 0.5) is 0 Å². The summed E-state index contributed by atoms with van der Waals surface area (Å²) in [6, 6.07) is 4.40. The average molecular weight is 262 g/mol. The predicted molar refractivity (Wildman–Crippen MR) is 79.5 cm³/mol. The second kappa shape index (κ2) is 6.74. The van der Waals surface area contributed by atoms with Crippen LogP contribution in [0, 0.1) is 26.7 Å². The van der Waals surface area contributed by atoms with Crippen molar-refractivity contribution in [3.63, 3.8) is 0 Å². The quantitative estimate of drug-likeness (QED) is 0.739. The van der Waals surface area contributed by atoms with Crippen LogP contribution in [0.3, 0.4) is 0 Å². The van der Waals surface area contributed by atoms with Gasteiger partial charge in [0.05, 0.1) is 13.5 Å². The number of hydrogen-bond acceptors (Lipinski definition) is 2. The number of methoxy groups -OCH3 is 1. The minimum atomic E-state index is -0.120. The minimum absolute atomic E-state index is 0.120. The van der Waals surface area contributed by atoms with Crippen LogP contribution in [0.2, 0.25) is 0 Å². The van der Waals surface area contributed by atoms with Gasteiger partial charge in [-0.2, -0.15) is 0 Å². The van der Waals surface area contributed by atoms with Gasteiger partial charge in [0.2, 0.25) is 0 Å². The SMILES string of the molecule is COC(=O)CC(CC(C)C)c1c(C)cc(C)cc1C. The highest BCUT2D eigenvalue weighted by molar-refractivity contribution is 5.70. The third-order valence-electron chi connectivity index (χ3n) is 3.54. The van der Waals surface area contributed by atoms with E-state index in [1.807, 2.05) is 0 Å². The van der Waals surface area contributed by atoms with E-state index in [0.717, 1.165) is 6.42 Å². The molecule has 1 aromatic carbocycles. The summed E-state index contributed by atoms with van der Waals surface area (Å²) in [5, 5.41) is 0. The molecular weight excluding hydrogens is 236 g/mol. The van der Waals surface area contributed by atoms with Crippen LogP contribution in [0.5, 0.6) is 0 Å². The molecule has 106 valence electrons. The van der Waals surface area contributed by atoms with E-state index in [1.54, 1.807) is 0 Å². The summed E-state index contributed by atoms with van der Waals surface area (Å²) < 4.78 is 4.85. The number of carbonyl (C=O) groups excluding carboxylic acids is 1. The first kappa shape index (κ1) is 15.7. The fourth-order valence-corrected chi connectivity index (χ4v) is 2.99. The molecule has 0 radical (unpaired) electrons. The molecule has 19 heavy (non-hydrogen) atoms. The summed E-state index contributed by atoms with van der Waals surface area (Å²) in [6.45, 7) is 10.8. The van der Waals surface area contributed by atoms with Crippen molar-refractivity contribution >= 4 is 5.97 Å². The smallest absolute Gasteiger partial charge is 0.306 e. The van der Waals surface area contributed by atoms with E-state index in [9.17, 15) is 4.79 Å². The van der Waals surface area contributed by atoms with Crippen LogP contribution in [0.25, 0.3) is 0 Å². The van der Waals surface area contributed by atoms with Gasteiger partial charge in [-0.15, -0.1) is 0 Å². The van der Waals surface area contributed by atoms with Crippen molar-refractivity contribution < 1.29 is 9.53 Å². The van der Waals surface area contributed by atoms with Crippen LogP contribution in [-0.2, 0) is 9.53 Å². The first-order valence-electron chi connectivity index (χ1n) is 6.99. The molecular formula is C17H26O2. The van der Waals surface area contributed by atoms with Crippen LogP contribution in [0.1, 0.15) is 54.9 Å². The van der Waals surface area contributed by atoms with Gasteiger partial charge in [0.25, 0.3) is 0 Å². The van der Waals surface area contributed by atoms with Gasteiger partial charge in [-0.05, 0) is 55.7 Å². The van der Waals surface area contributed by atoms with E-state index in [0.29, 0.717) is 12.3 Å². The molecule has 2 nitrogen and oxygen atoms in total. The Hall–Kier alpha value is -1.31. The molecule has 0 aliphatic heterocycles. The van der Waals surface area contributed by atoms with Gasteiger partial charge in [-0.3, -0.25) is 4.79 Å². The highest BCUT2D eigenvalue weighted by Gasteiger charge is 2.21. The van der Waals surface area contributed by atoms with Crippen molar-refractivity contribution in [2.45, 2.75) is 53.4 Å². The summed E-state index contributed by atoms with van der Waals surface area (Å²) in [6.07, 6.45) is 1.49. The lowest BCUT2D eigenvalue weighted by Crippen LogP contribution is -2.13. The molecule has 0 aliphatic rings. The molecule has 0 heterocycles. The molecule has 1 rings (SSSR count). The Bertz CT molecular complexity index is 424. The van der Waals surface area contributed by atoms with Gasteiger partial charge in [0.15, 0.2) is 0 Å². The molecule has 0 spiro atoms. The number of benzene rings is 1. The van der Waals surface area contributed by atoms with Gasteiger partial charge in [-0.1, -0.05) is 31.5 Å². The molecule has 0 N–H and O–H groups in total. The summed E-state index contributed by atoms with van der Waals surface area (Å²) in [4.78, 5) is 11.6. The van der Waals surface area contributed by atoms with Crippen molar-refractivity contribution in [3.05, 3.63) is 34.4 Å². The van der Waals surface area contributed by atoms with E-state index in [-0.39, 0.29) is 11.9 Å². The molecule has 0 aliphatic carbocycles. The summed E-state index contributed by atoms with van der Waals surface area (Å²) in [7, 11) is 1.46. The lowest BCUT2D eigenvalue weighted by Gasteiger charge is -2.23. The largest absolute Gasteiger partial charge is 0.469 e. The third kappa shape index (κ3) is 4.38. The number of ether oxygens (including phenoxy) is 1. The predicted octanol–water partition coefficient (Wildman–Crippen LogP) is 4.30. The molecule has 0 amide bonds. The van der Waals surface area contributed by atoms with E-state index >= 15 is 0 Å². The molecule has 2 heteroatoms. The summed E-state index contributed by atoms with van der Waals surface area (Å²) in [5.74, 6) is 0.702.